The summed E-state index contributed by atoms with van der Waals surface area (Å²) >= 11 is 0. The Morgan fingerprint density at radius 3 is 1.77 bits per heavy atom. The van der Waals surface area contributed by atoms with E-state index in [4.69, 9.17) is 4.74 Å². The summed E-state index contributed by atoms with van der Waals surface area (Å²) in [6.45, 7) is 14.6. The van der Waals surface area contributed by atoms with Crippen molar-refractivity contribution in [2.24, 2.45) is 17.3 Å². The fourth-order valence-electron chi connectivity index (χ4n) is 6.62. The Morgan fingerprint density at radius 1 is 0.675 bits per heavy atom. The van der Waals surface area contributed by atoms with Gasteiger partial charge >= 0.3 is 0 Å². The minimum atomic E-state index is 0.276. The first-order chi connectivity index (χ1) is 19.4. The standard InChI is InChI=1S/C39H54O/c1-7-32-27-38(40-28-39(9-3,10-4)11-5)33(8-2)26-37(32)36-24-22-35(23-25-36)34-20-18-31(19-21-34)17-16-30-14-12-29(6)13-15-30/h18-27,29-30H,7-17,28H2,1-6H3. The second kappa shape index (κ2) is 14.4. The van der Waals surface area contributed by atoms with Gasteiger partial charge in [-0.25, -0.2) is 0 Å². The predicted octanol–water partition coefficient (Wildman–Crippen LogP) is 11.5. The van der Waals surface area contributed by atoms with Crippen molar-refractivity contribution in [2.75, 3.05) is 6.61 Å². The lowest BCUT2D eigenvalue weighted by Gasteiger charge is -2.31. The number of hydrogen-bond donors (Lipinski definition) is 0. The van der Waals surface area contributed by atoms with E-state index < -0.39 is 0 Å². The van der Waals surface area contributed by atoms with Crippen molar-refractivity contribution in [3.8, 4) is 28.0 Å². The van der Waals surface area contributed by atoms with Crippen LogP contribution in [0.15, 0.2) is 60.7 Å². The van der Waals surface area contributed by atoms with Gasteiger partial charge in [-0.2, -0.15) is 0 Å². The van der Waals surface area contributed by atoms with Crippen molar-refractivity contribution in [3.05, 3.63) is 77.4 Å². The van der Waals surface area contributed by atoms with Crippen LogP contribution in [0.4, 0.5) is 0 Å². The molecule has 0 aliphatic heterocycles. The molecular formula is C39H54O. The van der Waals surface area contributed by atoms with E-state index in [9.17, 15) is 0 Å². The zero-order chi connectivity index (χ0) is 28.5. The van der Waals surface area contributed by atoms with E-state index >= 15 is 0 Å². The van der Waals surface area contributed by atoms with Crippen LogP contribution in [-0.4, -0.2) is 6.61 Å². The number of hydrogen-bond acceptors (Lipinski definition) is 1. The largest absolute Gasteiger partial charge is 0.493 e. The second-order valence-corrected chi connectivity index (χ2v) is 12.6. The maximum absolute atomic E-state index is 6.54. The lowest BCUT2D eigenvalue weighted by Crippen LogP contribution is -2.26. The van der Waals surface area contributed by atoms with Gasteiger partial charge in [-0.3, -0.25) is 0 Å². The van der Waals surface area contributed by atoms with Gasteiger partial charge in [-0.15, -0.1) is 0 Å². The van der Waals surface area contributed by atoms with Crippen molar-refractivity contribution < 1.29 is 4.74 Å². The Bertz CT molecular complexity index is 1170. The highest BCUT2D eigenvalue weighted by molar-refractivity contribution is 5.74. The van der Waals surface area contributed by atoms with Crippen molar-refractivity contribution in [1.82, 2.24) is 0 Å². The highest BCUT2D eigenvalue weighted by Crippen LogP contribution is 2.36. The SMILES string of the molecule is CCc1cc(-c2ccc(-c3ccc(CCC4CCC(C)CC4)cc3)cc2)c(CC)cc1OCC(CC)(CC)CC. The molecule has 216 valence electrons. The maximum Gasteiger partial charge on any atom is 0.122 e. The average molecular weight is 539 g/mol. The highest BCUT2D eigenvalue weighted by atomic mass is 16.5. The molecule has 0 aromatic heterocycles. The molecule has 3 aromatic carbocycles. The van der Waals surface area contributed by atoms with Crippen LogP contribution >= 0.6 is 0 Å². The summed E-state index contributed by atoms with van der Waals surface area (Å²) in [5, 5.41) is 0. The van der Waals surface area contributed by atoms with Crippen LogP contribution in [0.25, 0.3) is 22.3 Å². The van der Waals surface area contributed by atoms with Gasteiger partial charge in [-0.1, -0.05) is 116 Å². The molecule has 0 amide bonds. The Hall–Kier alpha value is -2.54. The van der Waals surface area contributed by atoms with Crippen LogP contribution in [0.3, 0.4) is 0 Å². The molecule has 1 fully saturated rings. The summed E-state index contributed by atoms with van der Waals surface area (Å²) in [6, 6.07) is 23.2. The number of aryl methyl sites for hydroxylation is 3. The highest BCUT2D eigenvalue weighted by Gasteiger charge is 2.25. The fourth-order valence-corrected chi connectivity index (χ4v) is 6.62. The minimum Gasteiger partial charge on any atom is -0.493 e. The van der Waals surface area contributed by atoms with E-state index in [0.717, 1.165) is 56.3 Å². The van der Waals surface area contributed by atoms with Crippen LogP contribution < -0.4 is 4.74 Å². The van der Waals surface area contributed by atoms with E-state index in [2.05, 4.69) is 102 Å². The van der Waals surface area contributed by atoms with Crippen molar-refractivity contribution in [1.29, 1.82) is 0 Å². The van der Waals surface area contributed by atoms with Crippen LogP contribution in [0.5, 0.6) is 5.75 Å². The third-order valence-corrected chi connectivity index (χ3v) is 10.3. The Kier molecular flexibility index (Phi) is 10.9. The molecule has 0 radical (unpaired) electrons. The van der Waals surface area contributed by atoms with Gasteiger partial charge in [0.25, 0.3) is 0 Å². The molecule has 3 aromatic rings. The molecule has 1 saturated carbocycles. The molecule has 0 unspecified atom stereocenters. The molecular weight excluding hydrogens is 484 g/mol. The zero-order valence-electron chi connectivity index (χ0n) is 26.3. The predicted molar refractivity (Wildman–Crippen MR) is 174 cm³/mol. The number of rotatable bonds is 13. The van der Waals surface area contributed by atoms with Gasteiger partial charge in [0, 0.05) is 5.41 Å². The smallest absolute Gasteiger partial charge is 0.122 e. The second-order valence-electron chi connectivity index (χ2n) is 12.6. The summed E-state index contributed by atoms with van der Waals surface area (Å²) in [6.07, 6.45) is 13.7. The molecule has 1 aliphatic rings. The average Bonchev–Trinajstić information content (AvgIpc) is 3.01. The van der Waals surface area contributed by atoms with E-state index in [1.54, 1.807) is 0 Å². The molecule has 40 heavy (non-hydrogen) atoms. The van der Waals surface area contributed by atoms with E-state index in [-0.39, 0.29) is 5.41 Å². The van der Waals surface area contributed by atoms with Crippen molar-refractivity contribution in [3.63, 3.8) is 0 Å². The summed E-state index contributed by atoms with van der Waals surface area (Å²) < 4.78 is 6.54. The van der Waals surface area contributed by atoms with E-state index in [1.807, 2.05) is 0 Å². The fraction of sp³-hybridized carbons (Fsp3) is 0.538. The summed E-state index contributed by atoms with van der Waals surface area (Å²) in [7, 11) is 0. The van der Waals surface area contributed by atoms with Crippen LogP contribution in [0, 0.1) is 17.3 Å². The molecule has 0 bridgehead atoms. The molecule has 4 rings (SSSR count). The molecule has 0 saturated heterocycles. The van der Waals surface area contributed by atoms with Crippen molar-refractivity contribution >= 4 is 0 Å². The lowest BCUT2D eigenvalue weighted by molar-refractivity contribution is 0.127. The molecule has 1 heteroatoms. The third-order valence-electron chi connectivity index (χ3n) is 10.3. The minimum absolute atomic E-state index is 0.276. The van der Waals surface area contributed by atoms with Gasteiger partial charge < -0.3 is 4.74 Å². The van der Waals surface area contributed by atoms with Gasteiger partial charge in [0.2, 0.25) is 0 Å². The van der Waals surface area contributed by atoms with Crippen LogP contribution in [0.2, 0.25) is 0 Å². The molecule has 0 atom stereocenters. The maximum atomic E-state index is 6.54. The third kappa shape index (κ3) is 7.39. The molecule has 0 N–H and O–H groups in total. The zero-order valence-corrected chi connectivity index (χ0v) is 26.3. The monoisotopic (exact) mass is 538 g/mol. The number of ether oxygens (including phenoxy) is 1. The summed E-state index contributed by atoms with van der Waals surface area (Å²) in [5.74, 6) is 2.95. The first-order valence-corrected chi connectivity index (χ1v) is 16.4. The van der Waals surface area contributed by atoms with E-state index in [1.165, 1.54) is 77.5 Å². The topological polar surface area (TPSA) is 9.23 Å². The van der Waals surface area contributed by atoms with Gasteiger partial charge in [0.1, 0.15) is 5.75 Å². The Balaban J connectivity index is 1.45. The Morgan fingerprint density at radius 2 is 1.23 bits per heavy atom. The quantitative estimate of drug-likeness (QED) is 0.210. The normalized spacial score (nSPS) is 17.6. The van der Waals surface area contributed by atoms with Gasteiger partial charge in [-0.05, 0) is 108 Å². The molecule has 0 heterocycles. The molecule has 1 nitrogen and oxygen atoms in total. The summed E-state index contributed by atoms with van der Waals surface area (Å²) in [5.41, 5.74) is 9.68. The first kappa shape index (κ1) is 30.4. The lowest BCUT2D eigenvalue weighted by atomic mass is 9.80. The number of benzene rings is 3. The van der Waals surface area contributed by atoms with Gasteiger partial charge in [0.05, 0.1) is 6.61 Å². The van der Waals surface area contributed by atoms with Crippen LogP contribution in [-0.2, 0) is 19.3 Å². The van der Waals surface area contributed by atoms with Gasteiger partial charge in [0.15, 0.2) is 0 Å². The molecule has 0 spiro atoms. The summed E-state index contributed by atoms with van der Waals surface area (Å²) in [4.78, 5) is 0. The first-order valence-electron chi connectivity index (χ1n) is 16.4. The molecule has 1 aliphatic carbocycles. The van der Waals surface area contributed by atoms with Crippen LogP contribution in [0.1, 0.15) is 110 Å². The van der Waals surface area contributed by atoms with E-state index in [0.29, 0.717) is 0 Å². The van der Waals surface area contributed by atoms with Crippen molar-refractivity contribution in [2.45, 2.75) is 112 Å². The Labute approximate surface area is 245 Å².